The Balaban J connectivity index is 1.64. The van der Waals surface area contributed by atoms with Crippen LogP contribution in [0.15, 0.2) is 59.4 Å². The number of aryl methyl sites for hydroxylation is 1. The maximum absolute atomic E-state index is 12.8. The monoisotopic (exact) mass is 415 g/mol. The summed E-state index contributed by atoms with van der Waals surface area (Å²) in [5, 5.41) is 18.9. The van der Waals surface area contributed by atoms with E-state index in [-0.39, 0.29) is 5.69 Å². The van der Waals surface area contributed by atoms with E-state index in [1.807, 2.05) is 55.5 Å². The summed E-state index contributed by atoms with van der Waals surface area (Å²) in [4.78, 5) is 12.8. The fraction of sp³-hybridized carbons (Fsp3) is 0.261. The molecule has 4 rings (SSSR count). The third-order valence-corrected chi connectivity index (χ3v) is 5.01. The molecule has 0 fully saturated rings. The molecule has 0 atom stereocenters. The van der Waals surface area contributed by atoms with Crippen molar-refractivity contribution in [1.29, 1.82) is 0 Å². The van der Waals surface area contributed by atoms with Crippen molar-refractivity contribution in [2.24, 2.45) is 0 Å². The molecule has 0 spiro atoms. The van der Waals surface area contributed by atoms with E-state index in [0.717, 1.165) is 35.1 Å². The zero-order chi connectivity index (χ0) is 21.6. The number of allylic oxidation sites excluding steroid dienone is 1. The average molecular weight is 416 g/mol. The van der Waals surface area contributed by atoms with Gasteiger partial charge in [0.15, 0.2) is 5.82 Å². The van der Waals surface area contributed by atoms with E-state index < -0.39 is 0 Å². The van der Waals surface area contributed by atoms with Gasteiger partial charge in [0.1, 0.15) is 0 Å². The molecule has 31 heavy (non-hydrogen) atoms. The topological polar surface area (TPSA) is 94.3 Å². The predicted octanol–water partition coefficient (Wildman–Crippen LogP) is 3.77. The molecule has 8 heteroatoms. The number of hydrogen-bond donors (Lipinski definition) is 1. The Bertz CT molecular complexity index is 1220. The van der Waals surface area contributed by atoms with Crippen LogP contribution in [0.5, 0.6) is 0 Å². The third-order valence-electron chi connectivity index (χ3n) is 5.01. The van der Waals surface area contributed by atoms with Gasteiger partial charge in [0.2, 0.25) is 5.82 Å². The molecule has 0 amide bonds. The van der Waals surface area contributed by atoms with Crippen LogP contribution >= 0.6 is 0 Å². The molecule has 8 nitrogen and oxygen atoms in total. The van der Waals surface area contributed by atoms with Crippen molar-refractivity contribution < 1.29 is 0 Å². The van der Waals surface area contributed by atoms with Crippen molar-refractivity contribution in [2.75, 3.05) is 0 Å². The van der Waals surface area contributed by atoms with E-state index in [2.05, 4.69) is 44.8 Å². The SMILES string of the molecule is CCC=Cc1nn(CCC)c(=O)n1Cc1ccc(-c2ccccc2-c2nn[nH]n2)cc1. The average Bonchev–Trinajstić information content (AvgIpc) is 3.43. The molecular weight excluding hydrogens is 390 g/mol. The summed E-state index contributed by atoms with van der Waals surface area (Å²) < 4.78 is 3.27. The van der Waals surface area contributed by atoms with Gasteiger partial charge in [-0.25, -0.2) is 9.48 Å². The van der Waals surface area contributed by atoms with Gasteiger partial charge in [-0.2, -0.15) is 10.3 Å². The standard InChI is InChI=1S/C23H25N7O/c1-3-5-10-21-26-30(15-4-2)23(31)29(21)16-17-11-13-18(14-12-17)19-8-6-7-9-20(19)22-24-27-28-25-22/h5-14H,3-4,15-16H2,1-2H3,(H,24,25,27,28). The molecule has 0 unspecified atom stereocenters. The molecule has 0 saturated heterocycles. The van der Waals surface area contributed by atoms with Crippen LogP contribution in [0.1, 0.15) is 38.1 Å². The number of tetrazole rings is 1. The molecule has 0 radical (unpaired) electrons. The molecule has 158 valence electrons. The zero-order valence-electron chi connectivity index (χ0n) is 17.7. The summed E-state index contributed by atoms with van der Waals surface area (Å²) in [6.07, 6.45) is 5.70. The number of aromatic amines is 1. The number of nitrogens with zero attached hydrogens (tertiary/aromatic N) is 6. The Morgan fingerprint density at radius 3 is 2.48 bits per heavy atom. The fourth-order valence-corrected chi connectivity index (χ4v) is 3.49. The summed E-state index contributed by atoms with van der Waals surface area (Å²) in [7, 11) is 0. The number of nitrogens with one attached hydrogen (secondary N) is 1. The van der Waals surface area contributed by atoms with Gasteiger partial charge in [-0.05, 0) is 40.8 Å². The highest BCUT2D eigenvalue weighted by molar-refractivity contribution is 5.80. The quantitative estimate of drug-likeness (QED) is 0.473. The number of rotatable bonds is 8. The van der Waals surface area contributed by atoms with Gasteiger partial charge >= 0.3 is 5.69 Å². The number of benzene rings is 2. The van der Waals surface area contributed by atoms with Crippen LogP contribution in [0.3, 0.4) is 0 Å². The summed E-state index contributed by atoms with van der Waals surface area (Å²) >= 11 is 0. The van der Waals surface area contributed by atoms with Crippen molar-refractivity contribution in [3.63, 3.8) is 0 Å². The van der Waals surface area contributed by atoms with E-state index in [4.69, 9.17) is 0 Å². The maximum Gasteiger partial charge on any atom is 0.346 e. The van der Waals surface area contributed by atoms with Crippen LogP contribution in [0, 0.1) is 0 Å². The predicted molar refractivity (Wildman–Crippen MR) is 120 cm³/mol. The first-order chi connectivity index (χ1) is 15.2. The van der Waals surface area contributed by atoms with Gasteiger partial charge in [0, 0.05) is 12.1 Å². The normalized spacial score (nSPS) is 11.4. The molecular formula is C23H25N7O. The van der Waals surface area contributed by atoms with Crippen LogP contribution in [-0.4, -0.2) is 35.0 Å². The van der Waals surface area contributed by atoms with Crippen LogP contribution in [0.4, 0.5) is 0 Å². The molecule has 2 aromatic carbocycles. The highest BCUT2D eigenvalue weighted by Crippen LogP contribution is 2.29. The summed E-state index contributed by atoms with van der Waals surface area (Å²) in [6.45, 7) is 5.19. The van der Waals surface area contributed by atoms with E-state index in [9.17, 15) is 4.79 Å². The first-order valence-corrected chi connectivity index (χ1v) is 10.5. The molecule has 0 saturated carbocycles. The lowest BCUT2D eigenvalue weighted by Crippen LogP contribution is -2.25. The largest absolute Gasteiger partial charge is 0.346 e. The molecule has 0 bridgehead atoms. The highest BCUT2D eigenvalue weighted by atomic mass is 16.2. The van der Waals surface area contributed by atoms with Crippen molar-refractivity contribution in [2.45, 2.75) is 39.8 Å². The molecule has 2 aromatic heterocycles. The van der Waals surface area contributed by atoms with E-state index >= 15 is 0 Å². The lowest BCUT2D eigenvalue weighted by Gasteiger charge is -2.09. The Morgan fingerprint density at radius 1 is 1.03 bits per heavy atom. The van der Waals surface area contributed by atoms with Crippen LogP contribution in [0.2, 0.25) is 0 Å². The third kappa shape index (κ3) is 4.37. The van der Waals surface area contributed by atoms with E-state index in [1.54, 1.807) is 9.25 Å². The minimum absolute atomic E-state index is 0.0795. The van der Waals surface area contributed by atoms with Crippen LogP contribution < -0.4 is 5.69 Å². The molecule has 4 aromatic rings. The van der Waals surface area contributed by atoms with Gasteiger partial charge in [0.25, 0.3) is 0 Å². The summed E-state index contributed by atoms with van der Waals surface area (Å²) in [6, 6.07) is 16.1. The minimum atomic E-state index is -0.0795. The van der Waals surface area contributed by atoms with Gasteiger partial charge in [-0.1, -0.05) is 68.5 Å². The van der Waals surface area contributed by atoms with Gasteiger partial charge in [0.05, 0.1) is 6.54 Å². The molecule has 0 aliphatic heterocycles. The van der Waals surface area contributed by atoms with Gasteiger partial charge in [-0.3, -0.25) is 4.57 Å². The van der Waals surface area contributed by atoms with Crippen molar-refractivity contribution in [3.8, 4) is 22.5 Å². The van der Waals surface area contributed by atoms with E-state index in [1.165, 1.54) is 0 Å². The molecule has 0 aliphatic rings. The Kier molecular flexibility index (Phi) is 6.16. The molecule has 2 heterocycles. The second kappa shape index (κ2) is 9.34. The smallest absolute Gasteiger partial charge is 0.271 e. The second-order valence-electron chi connectivity index (χ2n) is 7.24. The lowest BCUT2D eigenvalue weighted by atomic mass is 9.98. The van der Waals surface area contributed by atoms with Crippen LogP contribution in [0.25, 0.3) is 28.6 Å². The number of hydrogen-bond acceptors (Lipinski definition) is 5. The van der Waals surface area contributed by atoms with Crippen molar-refractivity contribution in [1.82, 2.24) is 35.0 Å². The summed E-state index contributed by atoms with van der Waals surface area (Å²) in [5.74, 6) is 1.24. The first-order valence-electron chi connectivity index (χ1n) is 10.5. The molecule has 0 aliphatic carbocycles. The van der Waals surface area contributed by atoms with Crippen molar-refractivity contribution in [3.05, 3.63) is 76.5 Å². The molecule has 1 N–H and O–H groups in total. The summed E-state index contributed by atoms with van der Waals surface area (Å²) in [5.41, 5.74) is 3.93. The number of H-pyrrole nitrogens is 1. The van der Waals surface area contributed by atoms with Gasteiger partial charge in [-0.15, -0.1) is 10.2 Å². The Labute approximate surface area is 180 Å². The lowest BCUT2D eigenvalue weighted by molar-refractivity contribution is 0.570. The zero-order valence-corrected chi connectivity index (χ0v) is 17.7. The maximum atomic E-state index is 12.8. The van der Waals surface area contributed by atoms with Crippen LogP contribution in [-0.2, 0) is 13.1 Å². The number of aromatic nitrogens is 7. The van der Waals surface area contributed by atoms with Crippen molar-refractivity contribution >= 4 is 6.08 Å². The van der Waals surface area contributed by atoms with E-state index in [0.29, 0.717) is 24.7 Å². The minimum Gasteiger partial charge on any atom is -0.271 e. The Hall–Kier alpha value is -3.81. The Morgan fingerprint density at radius 2 is 1.81 bits per heavy atom. The second-order valence-corrected chi connectivity index (χ2v) is 7.24. The fourth-order valence-electron chi connectivity index (χ4n) is 3.49. The highest BCUT2D eigenvalue weighted by Gasteiger charge is 2.13. The van der Waals surface area contributed by atoms with Gasteiger partial charge < -0.3 is 0 Å². The first kappa shape index (κ1) is 20.5.